The van der Waals surface area contributed by atoms with Crippen molar-refractivity contribution in [3.63, 3.8) is 0 Å². The van der Waals surface area contributed by atoms with Gasteiger partial charge in [-0.1, -0.05) is 12.1 Å². The number of hydrogen-bond acceptors (Lipinski definition) is 10. The van der Waals surface area contributed by atoms with Crippen LogP contribution in [0, 0.1) is 16.1 Å². The van der Waals surface area contributed by atoms with Gasteiger partial charge in [0.25, 0.3) is 5.91 Å². The van der Waals surface area contributed by atoms with Crippen molar-refractivity contribution in [3.05, 3.63) is 48.2 Å². The quantitative estimate of drug-likeness (QED) is 0.166. The zero-order valence-electron chi connectivity index (χ0n) is 24.6. The van der Waals surface area contributed by atoms with E-state index in [1.807, 2.05) is 0 Å². The fraction of sp³-hybridized carbons (Fsp3) is 0.517. The molecule has 1 aliphatic carbocycles. The molecule has 0 unspecified atom stereocenters. The van der Waals surface area contributed by atoms with E-state index < -0.39 is 28.1 Å². The predicted octanol–water partition coefficient (Wildman–Crippen LogP) is 5.45. The number of carbonyl (C=O) groups is 1. The number of aromatic nitrogens is 4. The van der Waals surface area contributed by atoms with Crippen molar-refractivity contribution < 1.29 is 26.9 Å². The molecule has 4 heterocycles. The van der Waals surface area contributed by atoms with E-state index in [1.54, 1.807) is 42.6 Å². The van der Waals surface area contributed by atoms with Crippen LogP contribution in [0.2, 0.25) is 0 Å². The minimum absolute atomic E-state index is 0.0936. The Kier molecular flexibility index (Phi) is 8.78. The van der Waals surface area contributed by atoms with Crippen LogP contribution >= 0.6 is 0 Å². The number of nitrogens with zero attached hydrogens (tertiary/aromatic N) is 5. The molecule has 11 nitrogen and oxygen atoms in total. The molecular weight excluding hydrogens is 597 g/mol. The van der Waals surface area contributed by atoms with Crippen molar-refractivity contribution in [2.75, 3.05) is 29.9 Å². The van der Waals surface area contributed by atoms with E-state index in [9.17, 15) is 22.2 Å². The molecule has 0 spiro atoms. The maximum Gasteiger partial charge on any atom is 0.394 e. The van der Waals surface area contributed by atoms with Gasteiger partial charge in [0.05, 0.1) is 17.6 Å². The lowest BCUT2D eigenvalue weighted by Crippen LogP contribution is -2.40. The Morgan fingerprint density at radius 2 is 1.98 bits per heavy atom. The third-order valence-electron chi connectivity index (χ3n) is 8.43. The monoisotopic (exact) mass is 633 g/mol. The van der Waals surface area contributed by atoms with Crippen molar-refractivity contribution >= 4 is 28.1 Å². The van der Waals surface area contributed by atoms with Crippen LogP contribution in [0.3, 0.4) is 0 Å². The molecule has 2 fully saturated rings. The van der Waals surface area contributed by atoms with Crippen LogP contribution in [0.25, 0.3) is 5.82 Å². The number of halogens is 3. The third kappa shape index (κ3) is 6.92. The highest BCUT2D eigenvalue weighted by Gasteiger charge is 2.62. The minimum atomic E-state index is -4.23. The average Bonchev–Trinajstić information content (AvgIpc) is 3.51. The molecule has 2 aliphatic rings. The number of ether oxygens (including phenoxy) is 1. The van der Waals surface area contributed by atoms with Gasteiger partial charge in [0.15, 0.2) is 5.82 Å². The summed E-state index contributed by atoms with van der Waals surface area (Å²) in [6.07, 6.45) is 0.134. The first-order valence-corrected chi connectivity index (χ1v) is 15.6. The minimum Gasteiger partial charge on any atom is -0.477 e. The number of nitrogens with one attached hydrogen (secondary N) is 2. The number of amides is 1. The van der Waals surface area contributed by atoms with Crippen molar-refractivity contribution in [2.24, 2.45) is 17.1 Å². The van der Waals surface area contributed by atoms with Crippen LogP contribution in [0.15, 0.2) is 47.6 Å². The summed E-state index contributed by atoms with van der Waals surface area (Å²) in [6, 6.07) is 9.84. The molecule has 15 heteroatoms. The average molecular weight is 634 g/mol. The molecule has 1 saturated carbocycles. The van der Waals surface area contributed by atoms with E-state index in [0.717, 1.165) is 19.3 Å². The van der Waals surface area contributed by atoms with Crippen LogP contribution in [-0.4, -0.2) is 57.1 Å². The molecule has 1 aliphatic heterocycles. The van der Waals surface area contributed by atoms with Gasteiger partial charge in [0, 0.05) is 30.9 Å². The number of hydrogen-bond donors (Lipinski definition) is 3. The van der Waals surface area contributed by atoms with Crippen molar-refractivity contribution in [1.29, 1.82) is 4.78 Å². The Balaban J connectivity index is 1.23. The Bertz CT molecular complexity index is 1580. The van der Waals surface area contributed by atoms with Gasteiger partial charge in [-0.05, 0) is 81.5 Å². The predicted molar refractivity (Wildman–Crippen MR) is 158 cm³/mol. The summed E-state index contributed by atoms with van der Waals surface area (Å²) in [5.74, 6) is 1.34. The number of nitrogens with two attached hydrogens (primary N) is 1. The number of pyridine rings is 2. The number of alkyl halides is 3. The zero-order chi connectivity index (χ0) is 31.7. The summed E-state index contributed by atoms with van der Waals surface area (Å²) in [7, 11) is -1.89. The van der Waals surface area contributed by atoms with E-state index >= 15 is 0 Å². The molecule has 1 saturated heterocycles. The van der Waals surface area contributed by atoms with Crippen molar-refractivity contribution in [1.82, 2.24) is 19.7 Å². The molecule has 44 heavy (non-hydrogen) atoms. The van der Waals surface area contributed by atoms with Gasteiger partial charge < -0.3 is 29.7 Å². The summed E-state index contributed by atoms with van der Waals surface area (Å²) in [4.78, 5) is 23.5. The highest BCUT2D eigenvalue weighted by atomic mass is 32.2. The Labute approximate surface area is 255 Å². The highest BCUT2D eigenvalue weighted by molar-refractivity contribution is 7.73. The summed E-state index contributed by atoms with van der Waals surface area (Å²) in [6.45, 7) is 5.40. The topological polar surface area (TPSA) is 152 Å². The highest BCUT2D eigenvalue weighted by Crippen LogP contribution is 2.59. The smallest absolute Gasteiger partial charge is 0.394 e. The zero-order valence-corrected chi connectivity index (χ0v) is 25.4. The van der Waals surface area contributed by atoms with Gasteiger partial charge >= 0.3 is 6.18 Å². The van der Waals surface area contributed by atoms with Gasteiger partial charge in [0.2, 0.25) is 5.88 Å². The summed E-state index contributed by atoms with van der Waals surface area (Å²) in [5, 5.41) is 7.77. The Morgan fingerprint density at radius 1 is 1.20 bits per heavy atom. The number of carbonyl (C=O) groups excluding carboxylic acids is 1. The Morgan fingerprint density at radius 3 is 2.66 bits per heavy atom. The molecule has 238 valence electrons. The molecule has 0 radical (unpaired) electrons. The molecule has 0 bridgehead atoms. The first kappa shape index (κ1) is 31.5. The lowest BCUT2D eigenvalue weighted by atomic mass is 9.93. The van der Waals surface area contributed by atoms with Crippen LogP contribution in [-0.2, 0) is 14.8 Å². The number of anilines is 2. The first-order valence-electron chi connectivity index (χ1n) is 14.5. The molecule has 0 aromatic carbocycles. The van der Waals surface area contributed by atoms with Gasteiger partial charge in [0.1, 0.15) is 11.6 Å². The van der Waals surface area contributed by atoms with Gasteiger partial charge in [-0.15, -0.1) is 15.7 Å². The van der Waals surface area contributed by atoms with E-state index in [2.05, 4.69) is 34.1 Å². The molecule has 4 N–H and O–H groups in total. The van der Waals surface area contributed by atoms with Crippen LogP contribution in [0.5, 0.6) is 5.88 Å². The summed E-state index contributed by atoms with van der Waals surface area (Å²) < 4.78 is 65.4. The van der Waals surface area contributed by atoms with Crippen molar-refractivity contribution in [2.45, 2.75) is 69.1 Å². The third-order valence-corrected chi connectivity index (χ3v) is 9.04. The molecule has 5 rings (SSSR count). The van der Waals surface area contributed by atoms with Crippen LogP contribution in [0.1, 0.15) is 62.7 Å². The van der Waals surface area contributed by atoms with E-state index in [1.165, 1.54) is 4.68 Å². The van der Waals surface area contributed by atoms with Gasteiger partial charge in [-0.2, -0.15) is 13.2 Å². The second-order valence-corrected chi connectivity index (χ2v) is 13.0. The summed E-state index contributed by atoms with van der Waals surface area (Å²) in [5.41, 5.74) is 4.06. The van der Waals surface area contributed by atoms with E-state index in [-0.39, 0.29) is 47.9 Å². The fourth-order valence-electron chi connectivity index (χ4n) is 5.83. The van der Waals surface area contributed by atoms with E-state index in [0.29, 0.717) is 36.5 Å². The molecular formula is C29H36F3N8O3S-. The van der Waals surface area contributed by atoms with Crippen LogP contribution in [0.4, 0.5) is 24.8 Å². The second-order valence-electron chi connectivity index (χ2n) is 12.1. The van der Waals surface area contributed by atoms with Crippen LogP contribution < -0.4 is 20.7 Å². The number of rotatable bonds is 13. The molecule has 3 aromatic rings. The lowest BCUT2D eigenvalue weighted by Gasteiger charge is -2.33. The SMILES string of the molecule is CC1(C)C[C@@H](CCCNc2cccc([S-](=N)=O)n2)CN1c1nc(-n2ccc(OCCC3(C(F)(F)F)CC3)n2)ccc1C(N)=O. The van der Waals surface area contributed by atoms with Gasteiger partial charge in [-0.3, -0.25) is 9.78 Å². The molecule has 3 aromatic heterocycles. The maximum atomic E-state index is 13.2. The fourth-order valence-corrected chi connectivity index (χ4v) is 6.21. The number of primary amides is 1. The summed E-state index contributed by atoms with van der Waals surface area (Å²) >= 11 is 0. The first-order chi connectivity index (χ1) is 20.8. The second kappa shape index (κ2) is 12.3. The largest absolute Gasteiger partial charge is 0.477 e. The normalized spacial score (nSPS) is 18.9. The standard InChI is InChI=1S/C29H36F3N8O3S/c1-27(2)17-19(5-4-14-35-21-6-3-7-24(36-21)44(34)42)18-39(27)26-20(25(33)41)8-9-22(37-26)40-15-10-23(38-40)43-16-13-28(11-12-28)29(30,31)32/h3,6-10,15,19,34H,4-5,11-14,16-18H2,1-2H3,(H2,33,41)(H,35,36)/q-1/t19-/m1/s1. The molecule has 1 atom stereocenters. The lowest BCUT2D eigenvalue weighted by molar-refractivity contribution is -0.190. The van der Waals surface area contributed by atoms with E-state index in [4.69, 9.17) is 20.2 Å². The molecule has 1 amide bonds. The van der Waals surface area contributed by atoms with Gasteiger partial charge in [-0.25, -0.2) is 9.67 Å². The Hall–Kier alpha value is -3.88. The maximum absolute atomic E-state index is 13.2. The van der Waals surface area contributed by atoms with Crippen molar-refractivity contribution in [3.8, 4) is 11.7 Å².